The van der Waals surface area contributed by atoms with Crippen LogP contribution in [0.1, 0.15) is 20.3 Å². The van der Waals surface area contributed by atoms with E-state index in [-0.39, 0.29) is 10.1 Å². The van der Waals surface area contributed by atoms with E-state index >= 15 is 0 Å². The summed E-state index contributed by atoms with van der Waals surface area (Å²) in [5.41, 5.74) is 3.68. The minimum atomic E-state index is -1.54. The summed E-state index contributed by atoms with van der Waals surface area (Å²) in [6.45, 7) is 3.79. The molecule has 1 rings (SSSR count). The van der Waals surface area contributed by atoms with Gasteiger partial charge in [-0.15, -0.1) is 0 Å². The molecule has 0 saturated carbocycles. The molecule has 0 heterocycles. The summed E-state index contributed by atoms with van der Waals surface area (Å²) in [5.74, 6) is 0. The van der Waals surface area contributed by atoms with E-state index in [9.17, 15) is 14.3 Å². The van der Waals surface area contributed by atoms with Gasteiger partial charge in [0.25, 0.3) is 5.69 Å². The maximum absolute atomic E-state index is 12.0. The van der Waals surface area contributed by atoms with E-state index in [0.29, 0.717) is 4.90 Å². The second-order valence-corrected chi connectivity index (χ2v) is 5.57. The first-order valence-electron chi connectivity index (χ1n) is 5.23. The Kier molecular flexibility index (Phi) is 5.28. The lowest BCUT2D eigenvalue weighted by Crippen LogP contribution is -1.92. The van der Waals surface area contributed by atoms with Gasteiger partial charge in [-0.3, -0.25) is 10.1 Å². The van der Waals surface area contributed by atoms with Crippen molar-refractivity contribution in [3.05, 3.63) is 50.0 Å². The molecule has 0 aliphatic carbocycles. The van der Waals surface area contributed by atoms with E-state index in [2.05, 4.69) is 5.73 Å². The number of halogens is 1. The van der Waals surface area contributed by atoms with E-state index in [4.69, 9.17) is 11.6 Å². The van der Waals surface area contributed by atoms with Crippen molar-refractivity contribution in [1.29, 1.82) is 0 Å². The fourth-order valence-electron chi connectivity index (χ4n) is 1.10. The average Bonchev–Trinajstić information content (AvgIpc) is 2.37. The van der Waals surface area contributed by atoms with Gasteiger partial charge in [0, 0.05) is 17.0 Å². The number of rotatable bonds is 4. The molecule has 1 aromatic rings. The first-order valence-corrected chi connectivity index (χ1v) is 6.76. The van der Waals surface area contributed by atoms with Crippen LogP contribution >= 0.6 is 11.6 Å². The van der Waals surface area contributed by atoms with Crippen molar-refractivity contribution in [3.63, 3.8) is 0 Å². The standard InChI is InChI=1S/C12H12ClNO3S/c1-3-9(2)8-12(13)18(17)11-6-4-10(5-7-11)14(15)16/h4-7H,3H2,1-2H3. The molecule has 96 valence electrons. The van der Waals surface area contributed by atoms with Gasteiger partial charge in [-0.1, -0.05) is 24.3 Å². The Hall–Kier alpha value is -1.42. The number of hydrogen-bond donors (Lipinski definition) is 0. The highest BCUT2D eigenvalue weighted by Crippen LogP contribution is 2.20. The molecule has 0 bridgehead atoms. The number of benzene rings is 1. The SMILES string of the molecule is CCC(C)=C=C(Cl)S(=O)c1ccc([N+](=O)[O-])cc1. The number of allylic oxidation sites excluding steroid dienone is 1. The predicted molar refractivity (Wildman–Crippen MR) is 71.9 cm³/mol. The maximum atomic E-state index is 12.0. The highest BCUT2D eigenvalue weighted by Gasteiger charge is 2.10. The molecule has 0 radical (unpaired) electrons. The van der Waals surface area contributed by atoms with Gasteiger partial charge in [-0.2, -0.15) is 0 Å². The topological polar surface area (TPSA) is 60.2 Å². The van der Waals surface area contributed by atoms with Gasteiger partial charge >= 0.3 is 0 Å². The number of nitrogens with zero attached hydrogens (tertiary/aromatic N) is 1. The minimum Gasteiger partial charge on any atom is -0.258 e. The molecule has 6 heteroatoms. The van der Waals surface area contributed by atoms with Gasteiger partial charge < -0.3 is 0 Å². The number of hydrogen-bond acceptors (Lipinski definition) is 3. The zero-order chi connectivity index (χ0) is 13.7. The smallest absolute Gasteiger partial charge is 0.258 e. The molecule has 0 aromatic heterocycles. The molecule has 1 unspecified atom stereocenters. The summed E-state index contributed by atoms with van der Waals surface area (Å²) in [6.07, 6.45) is 0.772. The lowest BCUT2D eigenvalue weighted by Gasteiger charge is -1.99. The molecule has 0 spiro atoms. The Balaban J connectivity index is 3.05. The Morgan fingerprint density at radius 1 is 1.44 bits per heavy atom. The fourth-order valence-corrected chi connectivity index (χ4v) is 2.38. The molecule has 0 fully saturated rings. The molecule has 0 aliphatic heterocycles. The average molecular weight is 286 g/mol. The summed E-state index contributed by atoms with van der Waals surface area (Å²) >= 11 is 5.89. The zero-order valence-electron chi connectivity index (χ0n) is 9.97. The van der Waals surface area contributed by atoms with Gasteiger partial charge in [0.2, 0.25) is 0 Å². The van der Waals surface area contributed by atoms with Gasteiger partial charge in [0.1, 0.15) is 10.8 Å². The summed E-state index contributed by atoms with van der Waals surface area (Å²) in [4.78, 5) is 10.4. The Morgan fingerprint density at radius 2 is 2.00 bits per heavy atom. The molecule has 0 aliphatic rings. The van der Waals surface area contributed by atoms with Crippen LogP contribution in [-0.4, -0.2) is 9.13 Å². The molecule has 0 amide bonds. The van der Waals surface area contributed by atoms with E-state index < -0.39 is 15.7 Å². The molecule has 18 heavy (non-hydrogen) atoms. The summed E-state index contributed by atoms with van der Waals surface area (Å²) in [7, 11) is -1.54. The quantitative estimate of drug-likeness (QED) is 0.481. The van der Waals surface area contributed by atoms with Crippen LogP contribution in [0.25, 0.3) is 0 Å². The molecule has 1 atom stereocenters. The van der Waals surface area contributed by atoms with Crippen LogP contribution in [-0.2, 0) is 10.8 Å². The van der Waals surface area contributed by atoms with Crippen molar-refractivity contribution >= 4 is 28.1 Å². The van der Waals surface area contributed by atoms with Gasteiger partial charge in [-0.25, -0.2) is 4.21 Å². The Bertz CT molecular complexity index is 545. The second-order valence-electron chi connectivity index (χ2n) is 3.55. The van der Waals surface area contributed by atoms with Crippen molar-refractivity contribution < 1.29 is 9.13 Å². The van der Waals surface area contributed by atoms with Crippen molar-refractivity contribution in [2.45, 2.75) is 25.2 Å². The minimum absolute atomic E-state index is 0.0452. The van der Waals surface area contributed by atoms with Crippen molar-refractivity contribution in [3.8, 4) is 0 Å². The maximum Gasteiger partial charge on any atom is 0.269 e. The Morgan fingerprint density at radius 3 is 2.44 bits per heavy atom. The number of non-ortho nitro benzene ring substituents is 1. The Labute approximate surface area is 113 Å². The largest absolute Gasteiger partial charge is 0.269 e. The monoisotopic (exact) mass is 285 g/mol. The van der Waals surface area contributed by atoms with Gasteiger partial charge in [0.15, 0.2) is 4.36 Å². The van der Waals surface area contributed by atoms with Crippen molar-refractivity contribution in [1.82, 2.24) is 0 Å². The lowest BCUT2D eigenvalue weighted by atomic mass is 10.3. The molecular weight excluding hydrogens is 274 g/mol. The van der Waals surface area contributed by atoms with Crippen LogP contribution in [0.5, 0.6) is 0 Å². The highest BCUT2D eigenvalue weighted by molar-refractivity contribution is 7.90. The van der Waals surface area contributed by atoms with Crippen LogP contribution < -0.4 is 0 Å². The van der Waals surface area contributed by atoms with Crippen molar-refractivity contribution in [2.75, 3.05) is 0 Å². The van der Waals surface area contributed by atoms with Gasteiger partial charge in [0.05, 0.1) is 4.92 Å². The summed E-state index contributed by atoms with van der Waals surface area (Å²) in [5, 5.41) is 10.5. The van der Waals surface area contributed by atoms with E-state index in [1.54, 1.807) is 0 Å². The fraction of sp³-hybridized carbons (Fsp3) is 0.250. The normalized spacial score (nSPS) is 11.5. The van der Waals surface area contributed by atoms with E-state index in [0.717, 1.165) is 12.0 Å². The van der Waals surface area contributed by atoms with Crippen LogP contribution in [0.15, 0.2) is 44.8 Å². The predicted octanol–water partition coefficient (Wildman–Crippen LogP) is 3.74. The third kappa shape index (κ3) is 3.81. The number of nitro groups is 1. The molecule has 4 nitrogen and oxygen atoms in total. The third-order valence-electron chi connectivity index (χ3n) is 2.27. The third-order valence-corrected chi connectivity index (χ3v) is 3.91. The van der Waals surface area contributed by atoms with Crippen LogP contribution in [0.3, 0.4) is 0 Å². The first-order chi connectivity index (χ1) is 8.45. The molecule has 0 saturated heterocycles. The number of nitro benzene ring substituents is 1. The van der Waals surface area contributed by atoms with E-state index in [1.807, 2.05) is 13.8 Å². The first kappa shape index (κ1) is 14.6. The van der Waals surface area contributed by atoms with Crippen molar-refractivity contribution in [2.24, 2.45) is 0 Å². The summed E-state index contributed by atoms with van der Waals surface area (Å²) < 4.78 is 12.1. The van der Waals surface area contributed by atoms with Crippen LogP contribution in [0.4, 0.5) is 5.69 Å². The summed E-state index contributed by atoms with van der Waals surface area (Å²) in [6, 6.07) is 5.46. The zero-order valence-corrected chi connectivity index (χ0v) is 11.5. The van der Waals surface area contributed by atoms with Crippen LogP contribution in [0.2, 0.25) is 0 Å². The lowest BCUT2D eigenvalue weighted by molar-refractivity contribution is -0.384. The molecular formula is C12H12ClNO3S. The highest BCUT2D eigenvalue weighted by atomic mass is 35.5. The molecule has 0 N–H and O–H groups in total. The van der Waals surface area contributed by atoms with Gasteiger partial charge in [-0.05, 0) is 31.1 Å². The second kappa shape index (κ2) is 6.50. The van der Waals surface area contributed by atoms with Crippen LogP contribution in [0, 0.1) is 10.1 Å². The molecule has 1 aromatic carbocycles. The van der Waals surface area contributed by atoms with E-state index in [1.165, 1.54) is 24.3 Å².